The summed E-state index contributed by atoms with van der Waals surface area (Å²) in [4.78, 5) is 16.3. The molecule has 0 spiro atoms. The smallest absolute Gasteiger partial charge is 0.399 e. The second-order valence-corrected chi connectivity index (χ2v) is 8.52. The Balaban J connectivity index is 1.60. The van der Waals surface area contributed by atoms with Gasteiger partial charge in [-0.15, -0.1) is 0 Å². The lowest BCUT2D eigenvalue weighted by Crippen LogP contribution is -2.43. The average molecular weight is 358 g/mol. The van der Waals surface area contributed by atoms with E-state index >= 15 is 0 Å². The standard InChI is InChI=1S/C20H31BN2O3/c1-19(2)20(3,4)26-21(25-19)17-11-9-16(10-12-17)15-22(5)18(24)23-13-7-6-8-14-23/h9-12H,6-8,13-15H2,1-5H3. The molecule has 0 aliphatic carbocycles. The molecule has 2 aliphatic rings. The number of benzene rings is 1. The number of likely N-dealkylation sites (tertiary alicyclic amines) is 1. The van der Waals surface area contributed by atoms with Gasteiger partial charge >= 0.3 is 13.1 Å². The fourth-order valence-electron chi connectivity index (χ4n) is 3.43. The van der Waals surface area contributed by atoms with Gasteiger partial charge in [0.25, 0.3) is 0 Å². The van der Waals surface area contributed by atoms with E-state index in [9.17, 15) is 4.79 Å². The average Bonchev–Trinajstić information content (AvgIpc) is 2.83. The lowest BCUT2D eigenvalue weighted by Gasteiger charge is -2.32. The van der Waals surface area contributed by atoms with Crippen molar-refractivity contribution in [2.45, 2.75) is 64.7 Å². The molecule has 6 heteroatoms. The summed E-state index contributed by atoms with van der Waals surface area (Å²) < 4.78 is 12.2. The highest BCUT2D eigenvalue weighted by Gasteiger charge is 2.51. The van der Waals surface area contributed by atoms with Crippen molar-refractivity contribution < 1.29 is 14.1 Å². The minimum Gasteiger partial charge on any atom is -0.399 e. The van der Waals surface area contributed by atoms with E-state index in [1.807, 2.05) is 24.1 Å². The SMILES string of the molecule is CN(Cc1ccc(B2OC(C)(C)C(C)(C)O2)cc1)C(=O)N1CCCCC1. The minimum atomic E-state index is -0.346. The van der Waals surface area contributed by atoms with E-state index in [2.05, 4.69) is 39.8 Å². The zero-order chi connectivity index (χ0) is 18.9. The molecule has 1 aromatic rings. The van der Waals surface area contributed by atoms with Gasteiger partial charge in [0.15, 0.2) is 0 Å². The molecule has 0 N–H and O–H groups in total. The summed E-state index contributed by atoms with van der Waals surface area (Å²) in [5.74, 6) is 0. The molecule has 26 heavy (non-hydrogen) atoms. The predicted octanol–water partition coefficient (Wildman–Crippen LogP) is 3.02. The summed E-state index contributed by atoms with van der Waals surface area (Å²) in [5.41, 5.74) is 1.45. The van der Waals surface area contributed by atoms with Crippen LogP contribution in [0.3, 0.4) is 0 Å². The number of nitrogens with zero attached hydrogens (tertiary/aromatic N) is 2. The van der Waals surface area contributed by atoms with Crippen LogP contribution in [0.25, 0.3) is 0 Å². The van der Waals surface area contributed by atoms with E-state index in [0.29, 0.717) is 6.54 Å². The molecule has 0 saturated carbocycles. The first-order valence-electron chi connectivity index (χ1n) is 9.64. The first kappa shape index (κ1) is 19.2. The van der Waals surface area contributed by atoms with E-state index in [-0.39, 0.29) is 24.4 Å². The monoisotopic (exact) mass is 358 g/mol. The molecule has 1 aromatic carbocycles. The highest BCUT2D eigenvalue weighted by atomic mass is 16.7. The normalized spacial score (nSPS) is 21.7. The number of carbonyl (C=O) groups is 1. The van der Waals surface area contributed by atoms with Crippen LogP contribution in [-0.4, -0.2) is 54.3 Å². The van der Waals surface area contributed by atoms with Gasteiger partial charge in [0.1, 0.15) is 0 Å². The van der Waals surface area contributed by atoms with Gasteiger partial charge in [0.2, 0.25) is 0 Å². The first-order chi connectivity index (χ1) is 12.2. The second kappa shape index (κ2) is 7.24. The molecule has 2 saturated heterocycles. The third-order valence-corrected chi connectivity index (χ3v) is 5.88. The highest BCUT2D eigenvalue weighted by Crippen LogP contribution is 2.36. The van der Waals surface area contributed by atoms with Crippen molar-refractivity contribution in [2.24, 2.45) is 0 Å². The minimum absolute atomic E-state index is 0.125. The molecule has 2 fully saturated rings. The summed E-state index contributed by atoms with van der Waals surface area (Å²) >= 11 is 0. The largest absolute Gasteiger partial charge is 0.494 e. The topological polar surface area (TPSA) is 42.0 Å². The van der Waals surface area contributed by atoms with Gasteiger partial charge in [-0.3, -0.25) is 0 Å². The van der Waals surface area contributed by atoms with Crippen molar-refractivity contribution in [3.63, 3.8) is 0 Å². The van der Waals surface area contributed by atoms with Gasteiger partial charge in [0, 0.05) is 26.7 Å². The van der Waals surface area contributed by atoms with Gasteiger partial charge in [0.05, 0.1) is 11.2 Å². The van der Waals surface area contributed by atoms with Gasteiger partial charge in [-0.1, -0.05) is 24.3 Å². The van der Waals surface area contributed by atoms with Crippen molar-refractivity contribution in [3.05, 3.63) is 29.8 Å². The number of hydrogen-bond donors (Lipinski definition) is 0. The first-order valence-corrected chi connectivity index (χ1v) is 9.64. The van der Waals surface area contributed by atoms with Crippen LogP contribution in [0.5, 0.6) is 0 Å². The Kier molecular flexibility index (Phi) is 5.36. The second-order valence-electron chi connectivity index (χ2n) is 8.52. The molecule has 142 valence electrons. The molecule has 0 atom stereocenters. The molecule has 3 rings (SSSR count). The number of piperidine rings is 1. The number of amides is 2. The summed E-state index contributed by atoms with van der Waals surface area (Å²) in [7, 11) is 1.53. The summed E-state index contributed by atoms with van der Waals surface area (Å²) in [6.07, 6.45) is 3.46. The van der Waals surface area contributed by atoms with E-state index < -0.39 is 0 Å². The number of hydrogen-bond acceptors (Lipinski definition) is 3. The van der Waals surface area contributed by atoms with Crippen LogP contribution in [-0.2, 0) is 15.9 Å². The van der Waals surface area contributed by atoms with Crippen molar-refractivity contribution in [1.82, 2.24) is 9.80 Å². The van der Waals surface area contributed by atoms with Crippen LogP contribution in [0.15, 0.2) is 24.3 Å². The molecule has 2 aliphatic heterocycles. The Hall–Kier alpha value is -1.53. The quantitative estimate of drug-likeness (QED) is 0.780. The number of carbonyl (C=O) groups excluding carboxylic acids is 1. The van der Waals surface area contributed by atoms with Gasteiger partial charge in [-0.25, -0.2) is 4.79 Å². The summed E-state index contributed by atoms with van der Waals surface area (Å²) in [5, 5.41) is 0. The summed E-state index contributed by atoms with van der Waals surface area (Å²) in [6, 6.07) is 8.31. The Bertz CT molecular complexity index is 623. The Morgan fingerprint density at radius 3 is 2.12 bits per heavy atom. The summed E-state index contributed by atoms with van der Waals surface area (Å²) in [6.45, 7) is 10.6. The van der Waals surface area contributed by atoms with Crippen LogP contribution in [0.2, 0.25) is 0 Å². The molecule has 0 unspecified atom stereocenters. The van der Waals surface area contributed by atoms with Gasteiger partial charge in [-0.2, -0.15) is 0 Å². The molecular weight excluding hydrogens is 327 g/mol. The van der Waals surface area contributed by atoms with E-state index in [4.69, 9.17) is 9.31 Å². The predicted molar refractivity (Wildman–Crippen MR) is 104 cm³/mol. The van der Waals surface area contributed by atoms with Crippen LogP contribution in [0.1, 0.15) is 52.5 Å². The zero-order valence-corrected chi connectivity index (χ0v) is 16.7. The lowest BCUT2D eigenvalue weighted by molar-refractivity contribution is 0.00578. The van der Waals surface area contributed by atoms with E-state index in [1.165, 1.54) is 6.42 Å². The molecule has 5 nitrogen and oxygen atoms in total. The van der Waals surface area contributed by atoms with Crippen LogP contribution in [0.4, 0.5) is 4.79 Å². The molecule has 0 aromatic heterocycles. The zero-order valence-electron chi connectivity index (χ0n) is 16.7. The molecule has 0 radical (unpaired) electrons. The van der Waals surface area contributed by atoms with Crippen LogP contribution >= 0.6 is 0 Å². The third kappa shape index (κ3) is 3.91. The van der Waals surface area contributed by atoms with Crippen LogP contribution in [0, 0.1) is 0 Å². The fraction of sp³-hybridized carbons (Fsp3) is 0.650. The van der Waals surface area contributed by atoms with Crippen molar-refractivity contribution in [3.8, 4) is 0 Å². The highest BCUT2D eigenvalue weighted by molar-refractivity contribution is 6.62. The molecule has 2 amide bonds. The Labute approximate surface area is 157 Å². The third-order valence-electron chi connectivity index (χ3n) is 5.88. The van der Waals surface area contributed by atoms with Crippen molar-refractivity contribution in [2.75, 3.05) is 20.1 Å². The molecular formula is C20H31BN2O3. The number of urea groups is 1. The Morgan fingerprint density at radius 1 is 1.04 bits per heavy atom. The fourth-order valence-corrected chi connectivity index (χ4v) is 3.43. The maximum absolute atomic E-state index is 12.5. The van der Waals surface area contributed by atoms with Gasteiger partial charge < -0.3 is 19.1 Å². The number of rotatable bonds is 3. The van der Waals surface area contributed by atoms with Crippen molar-refractivity contribution in [1.29, 1.82) is 0 Å². The van der Waals surface area contributed by atoms with E-state index in [1.54, 1.807) is 4.90 Å². The van der Waals surface area contributed by atoms with Crippen LogP contribution < -0.4 is 5.46 Å². The maximum atomic E-state index is 12.5. The molecule has 2 heterocycles. The molecule has 0 bridgehead atoms. The van der Waals surface area contributed by atoms with Crippen molar-refractivity contribution >= 4 is 18.6 Å². The lowest BCUT2D eigenvalue weighted by atomic mass is 9.79. The maximum Gasteiger partial charge on any atom is 0.494 e. The van der Waals surface area contributed by atoms with E-state index in [0.717, 1.165) is 37.0 Å². The van der Waals surface area contributed by atoms with Gasteiger partial charge in [-0.05, 0) is 58.0 Å². The Morgan fingerprint density at radius 2 is 1.58 bits per heavy atom.